The Kier molecular flexibility index (Phi) is 4.14. The molecule has 0 radical (unpaired) electrons. The zero-order valence-electron chi connectivity index (χ0n) is 12.8. The highest BCUT2D eigenvalue weighted by molar-refractivity contribution is 14.1. The lowest BCUT2D eigenvalue weighted by atomic mass is 9.76. The van der Waals surface area contributed by atoms with Gasteiger partial charge in [-0.05, 0) is 47.7 Å². The van der Waals surface area contributed by atoms with Crippen LogP contribution in [-0.2, 0) is 13.0 Å². The van der Waals surface area contributed by atoms with Crippen LogP contribution in [0.2, 0.25) is 0 Å². The van der Waals surface area contributed by atoms with Gasteiger partial charge in [0.1, 0.15) is 5.82 Å². The second kappa shape index (κ2) is 5.80. The number of ketones is 1. The summed E-state index contributed by atoms with van der Waals surface area (Å²) in [5.74, 6) is -0.0143. The van der Waals surface area contributed by atoms with Crippen molar-refractivity contribution in [1.82, 2.24) is 4.57 Å². The number of hydrogen-bond acceptors (Lipinski definition) is 1. The number of benzene rings is 1. The number of alkyl halides is 1. The van der Waals surface area contributed by atoms with Gasteiger partial charge in [0, 0.05) is 34.3 Å². The van der Waals surface area contributed by atoms with Crippen LogP contribution in [0.1, 0.15) is 36.3 Å². The zero-order chi connectivity index (χ0) is 15.9. The molecule has 0 aliphatic heterocycles. The maximum absolute atomic E-state index is 13.2. The predicted molar refractivity (Wildman–Crippen MR) is 95.1 cm³/mol. The first-order chi connectivity index (χ1) is 10.4. The van der Waals surface area contributed by atoms with E-state index in [1.807, 2.05) is 6.07 Å². The quantitative estimate of drug-likeness (QED) is 0.521. The molecule has 0 amide bonds. The monoisotopic (exact) mass is 411 g/mol. The molecule has 1 aliphatic carbocycles. The van der Waals surface area contributed by atoms with Gasteiger partial charge in [0.05, 0.1) is 0 Å². The maximum Gasteiger partial charge on any atom is 0.165 e. The van der Waals surface area contributed by atoms with Crippen LogP contribution in [0.25, 0.3) is 11.3 Å². The number of carbonyl (C=O) groups excluding carboxylic acids is 1. The normalized spacial score (nSPS) is 16.6. The second-order valence-electron chi connectivity index (χ2n) is 6.68. The number of carbonyl (C=O) groups is 1. The summed E-state index contributed by atoms with van der Waals surface area (Å²) in [5.41, 5.74) is 3.98. The minimum Gasteiger partial charge on any atom is -0.343 e. The topological polar surface area (TPSA) is 22.0 Å². The fraction of sp³-hybridized carbons (Fsp3) is 0.389. The molecule has 0 spiro atoms. The first kappa shape index (κ1) is 15.7. The van der Waals surface area contributed by atoms with Crippen LogP contribution in [0.5, 0.6) is 0 Å². The van der Waals surface area contributed by atoms with Crippen molar-refractivity contribution < 1.29 is 9.18 Å². The third-order valence-corrected chi connectivity index (χ3v) is 4.72. The molecular formula is C18H19FINO. The van der Waals surface area contributed by atoms with E-state index in [4.69, 9.17) is 0 Å². The van der Waals surface area contributed by atoms with Crippen LogP contribution in [0.3, 0.4) is 0 Å². The molecule has 1 heterocycles. The number of Topliss-reactive ketones (excluding diaryl/α,β-unsaturated/α-hetero) is 1. The number of rotatable bonds is 3. The molecule has 0 atom stereocenters. The van der Waals surface area contributed by atoms with Crippen LogP contribution >= 0.6 is 22.6 Å². The zero-order valence-corrected chi connectivity index (χ0v) is 15.0. The molecule has 1 aromatic heterocycles. The number of aromatic nitrogens is 1. The molecule has 2 aromatic rings. The molecular weight excluding hydrogens is 392 g/mol. The van der Waals surface area contributed by atoms with E-state index < -0.39 is 0 Å². The lowest BCUT2D eigenvalue weighted by molar-refractivity contribution is 0.0910. The van der Waals surface area contributed by atoms with E-state index in [2.05, 4.69) is 41.0 Å². The van der Waals surface area contributed by atoms with Gasteiger partial charge in [-0.3, -0.25) is 4.79 Å². The Morgan fingerprint density at radius 2 is 1.91 bits per heavy atom. The molecule has 1 aromatic carbocycles. The smallest absolute Gasteiger partial charge is 0.165 e. The third kappa shape index (κ3) is 2.85. The Labute approximate surface area is 143 Å². The summed E-state index contributed by atoms with van der Waals surface area (Å²) in [6.07, 6.45) is 1.50. The van der Waals surface area contributed by atoms with Crippen molar-refractivity contribution in [3.8, 4) is 11.3 Å². The summed E-state index contributed by atoms with van der Waals surface area (Å²) in [4.78, 5) is 12.5. The number of halogens is 2. The molecule has 0 unspecified atom stereocenters. The maximum atomic E-state index is 13.2. The molecule has 0 saturated heterocycles. The first-order valence-electron chi connectivity index (χ1n) is 7.49. The average Bonchev–Trinajstić information content (AvgIpc) is 2.78. The molecule has 0 fully saturated rings. The van der Waals surface area contributed by atoms with E-state index in [0.29, 0.717) is 6.42 Å². The van der Waals surface area contributed by atoms with Gasteiger partial charge in [0.15, 0.2) is 5.78 Å². The van der Waals surface area contributed by atoms with E-state index >= 15 is 0 Å². The Hall–Kier alpha value is -1.17. The van der Waals surface area contributed by atoms with Gasteiger partial charge in [0.2, 0.25) is 0 Å². The molecule has 4 heteroatoms. The van der Waals surface area contributed by atoms with E-state index in [9.17, 15) is 9.18 Å². The second-order valence-corrected chi connectivity index (χ2v) is 7.76. The van der Waals surface area contributed by atoms with Crippen molar-refractivity contribution in [2.45, 2.75) is 33.2 Å². The van der Waals surface area contributed by atoms with Crippen molar-refractivity contribution >= 4 is 28.4 Å². The van der Waals surface area contributed by atoms with Crippen LogP contribution in [0, 0.1) is 11.2 Å². The van der Waals surface area contributed by atoms with Gasteiger partial charge >= 0.3 is 0 Å². The standard InChI is InChI=1S/C18H19FINO/c1-18(2)10-16-14(17(22)11-18)9-15(21(16)8-7-20)12-3-5-13(19)6-4-12/h3-6,9H,7-8,10-11H2,1-2H3. The van der Waals surface area contributed by atoms with Crippen molar-refractivity contribution in [2.24, 2.45) is 5.41 Å². The van der Waals surface area contributed by atoms with Crippen molar-refractivity contribution in [2.75, 3.05) is 4.43 Å². The largest absolute Gasteiger partial charge is 0.343 e. The van der Waals surface area contributed by atoms with E-state index in [1.54, 1.807) is 12.1 Å². The van der Waals surface area contributed by atoms with Crippen LogP contribution in [0.15, 0.2) is 30.3 Å². The number of nitrogens with zero attached hydrogens (tertiary/aromatic N) is 1. The Morgan fingerprint density at radius 1 is 1.23 bits per heavy atom. The van der Waals surface area contributed by atoms with Gasteiger partial charge in [-0.2, -0.15) is 0 Å². The van der Waals surface area contributed by atoms with Crippen LogP contribution in [-0.4, -0.2) is 14.8 Å². The summed E-state index contributed by atoms with van der Waals surface area (Å²) in [6.45, 7) is 5.16. The van der Waals surface area contributed by atoms with Crippen molar-refractivity contribution in [3.05, 3.63) is 47.4 Å². The SMILES string of the molecule is CC1(C)CC(=O)c2cc(-c3ccc(F)cc3)n(CCI)c2C1. The highest BCUT2D eigenvalue weighted by Crippen LogP contribution is 2.38. The fourth-order valence-corrected chi connectivity index (χ4v) is 3.75. The summed E-state index contributed by atoms with van der Waals surface area (Å²) in [6, 6.07) is 8.51. The van der Waals surface area contributed by atoms with Gasteiger partial charge in [-0.25, -0.2) is 4.39 Å². The number of hydrogen-bond donors (Lipinski definition) is 0. The van der Waals surface area contributed by atoms with Crippen molar-refractivity contribution in [3.63, 3.8) is 0 Å². The lowest BCUT2D eigenvalue weighted by Crippen LogP contribution is -2.28. The van der Waals surface area contributed by atoms with Gasteiger partial charge < -0.3 is 4.57 Å². The summed E-state index contributed by atoms with van der Waals surface area (Å²) in [5, 5.41) is 0. The number of fused-ring (bicyclic) bond motifs is 1. The highest BCUT2D eigenvalue weighted by atomic mass is 127. The van der Waals surface area contributed by atoms with Gasteiger partial charge in [0.25, 0.3) is 0 Å². The van der Waals surface area contributed by atoms with E-state index in [0.717, 1.165) is 39.9 Å². The molecule has 0 saturated carbocycles. The Bertz CT molecular complexity index is 715. The lowest BCUT2D eigenvalue weighted by Gasteiger charge is -2.29. The van der Waals surface area contributed by atoms with Gasteiger partial charge in [-0.1, -0.05) is 36.4 Å². The molecule has 0 N–H and O–H groups in total. The molecule has 1 aliphatic rings. The van der Waals surface area contributed by atoms with Gasteiger partial charge in [-0.15, -0.1) is 0 Å². The minimum absolute atomic E-state index is 0.00548. The summed E-state index contributed by atoms with van der Waals surface area (Å²) in [7, 11) is 0. The molecule has 22 heavy (non-hydrogen) atoms. The molecule has 116 valence electrons. The van der Waals surface area contributed by atoms with Crippen LogP contribution in [0.4, 0.5) is 4.39 Å². The Morgan fingerprint density at radius 3 is 2.55 bits per heavy atom. The molecule has 2 nitrogen and oxygen atoms in total. The highest BCUT2D eigenvalue weighted by Gasteiger charge is 2.34. The Balaban J connectivity index is 2.16. The third-order valence-electron chi connectivity index (χ3n) is 4.24. The van der Waals surface area contributed by atoms with E-state index in [1.165, 1.54) is 12.1 Å². The summed E-state index contributed by atoms with van der Waals surface area (Å²) >= 11 is 2.35. The first-order valence-corrected chi connectivity index (χ1v) is 9.01. The molecule has 3 rings (SSSR count). The van der Waals surface area contributed by atoms with Crippen LogP contribution < -0.4 is 0 Å². The fourth-order valence-electron chi connectivity index (χ4n) is 3.27. The predicted octanol–water partition coefficient (Wildman–Crippen LogP) is 4.88. The summed E-state index contributed by atoms with van der Waals surface area (Å²) < 4.78 is 16.4. The molecule has 0 bridgehead atoms. The average molecular weight is 411 g/mol. The minimum atomic E-state index is -0.238. The van der Waals surface area contributed by atoms with E-state index in [-0.39, 0.29) is 17.0 Å². The van der Waals surface area contributed by atoms with Crippen molar-refractivity contribution in [1.29, 1.82) is 0 Å².